The molecule has 1 unspecified atom stereocenters. The third-order valence-electron chi connectivity index (χ3n) is 4.36. The van der Waals surface area contributed by atoms with Gasteiger partial charge in [0.1, 0.15) is 11.4 Å². The summed E-state index contributed by atoms with van der Waals surface area (Å²) in [4.78, 5) is 12.2. The lowest BCUT2D eigenvalue weighted by atomic mass is 10.1. The summed E-state index contributed by atoms with van der Waals surface area (Å²) in [5.41, 5.74) is 3.48. The SMILES string of the molecule is COC(=O)c1c(CSC(C)c2ccc(F)cc2)nn2c1CCCC2. The van der Waals surface area contributed by atoms with Gasteiger partial charge in [0.2, 0.25) is 0 Å². The molecule has 1 aromatic heterocycles. The molecule has 1 aliphatic rings. The van der Waals surface area contributed by atoms with E-state index in [1.54, 1.807) is 23.9 Å². The Morgan fingerprint density at radius 3 is 2.83 bits per heavy atom. The van der Waals surface area contributed by atoms with E-state index in [1.165, 1.54) is 19.2 Å². The number of ether oxygens (including phenoxy) is 1. The second kappa shape index (κ2) is 7.38. The number of benzene rings is 1. The fourth-order valence-corrected chi connectivity index (χ4v) is 3.98. The Morgan fingerprint density at radius 1 is 1.38 bits per heavy atom. The zero-order valence-corrected chi connectivity index (χ0v) is 14.7. The Balaban J connectivity index is 1.78. The van der Waals surface area contributed by atoms with Gasteiger partial charge in [-0.3, -0.25) is 4.68 Å². The molecule has 2 heterocycles. The van der Waals surface area contributed by atoms with Crippen LogP contribution in [0.25, 0.3) is 0 Å². The van der Waals surface area contributed by atoms with E-state index in [9.17, 15) is 9.18 Å². The summed E-state index contributed by atoms with van der Waals surface area (Å²) < 4.78 is 20.0. The molecule has 128 valence electrons. The van der Waals surface area contributed by atoms with Crippen LogP contribution < -0.4 is 0 Å². The number of carbonyl (C=O) groups is 1. The van der Waals surface area contributed by atoms with Gasteiger partial charge in [0, 0.05) is 17.5 Å². The average molecular weight is 348 g/mol. The van der Waals surface area contributed by atoms with Crippen molar-refractivity contribution in [1.29, 1.82) is 0 Å². The average Bonchev–Trinajstić information content (AvgIpc) is 2.98. The number of aryl methyl sites for hydroxylation is 1. The standard InChI is InChI=1S/C18H21FN2O2S/c1-12(13-6-8-14(19)9-7-13)24-11-15-17(18(22)23-2)16-5-3-4-10-21(16)20-15/h6-9,12H,3-5,10-11H2,1-2H3. The predicted octanol–water partition coefficient (Wildman–Crippen LogP) is 4.14. The highest BCUT2D eigenvalue weighted by molar-refractivity contribution is 7.98. The summed E-state index contributed by atoms with van der Waals surface area (Å²) in [6.07, 6.45) is 3.04. The maximum Gasteiger partial charge on any atom is 0.341 e. The highest BCUT2D eigenvalue weighted by Gasteiger charge is 2.26. The van der Waals surface area contributed by atoms with Crippen molar-refractivity contribution in [1.82, 2.24) is 9.78 Å². The van der Waals surface area contributed by atoms with Crippen LogP contribution in [0.1, 0.15) is 52.3 Å². The van der Waals surface area contributed by atoms with Crippen molar-refractivity contribution in [3.05, 3.63) is 52.6 Å². The first kappa shape index (κ1) is 17.0. The summed E-state index contributed by atoms with van der Waals surface area (Å²) >= 11 is 1.69. The fraction of sp³-hybridized carbons (Fsp3) is 0.444. The number of hydrogen-bond donors (Lipinski definition) is 0. The topological polar surface area (TPSA) is 44.1 Å². The summed E-state index contributed by atoms with van der Waals surface area (Å²) in [7, 11) is 1.41. The number of thioether (sulfide) groups is 1. The van der Waals surface area contributed by atoms with Crippen LogP contribution in [-0.2, 0) is 23.5 Å². The van der Waals surface area contributed by atoms with Gasteiger partial charge in [0.25, 0.3) is 0 Å². The van der Waals surface area contributed by atoms with Crippen molar-refractivity contribution in [2.75, 3.05) is 7.11 Å². The van der Waals surface area contributed by atoms with Gasteiger partial charge in [-0.15, -0.1) is 11.8 Å². The number of rotatable bonds is 5. The quantitative estimate of drug-likeness (QED) is 0.762. The maximum absolute atomic E-state index is 13.0. The van der Waals surface area contributed by atoms with Gasteiger partial charge in [0.15, 0.2) is 0 Å². The molecule has 0 bridgehead atoms. The van der Waals surface area contributed by atoms with E-state index in [0.29, 0.717) is 11.3 Å². The minimum atomic E-state index is -0.303. The molecule has 4 nitrogen and oxygen atoms in total. The van der Waals surface area contributed by atoms with E-state index in [0.717, 1.165) is 42.8 Å². The second-order valence-corrected chi connectivity index (χ2v) is 7.27. The summed E-state index contributed by atoms with van der Waals surface area (Å²) in [5, 5.41) is 4.82. The lowest BCUT2D eigenvalue weighted by Crippen LogP contribution is -2.14. The Labute approximate surface area is 145 Å². The third-order valence-corrected chi connectivity index (χ3v) is 5.57. The fourth-order valence-electron chi connectivity index (χ4n) is 3.02. The molecular formula is C18H21FN2O2S. The number of nitrogens with zero attached hydrogens (tertiary/aromatic N) is 2. The molecule has 0 fully saturated rings. The van der Waals surface area contributed by atoms with E-state index in [4.69, 9.17) is 4.74 Å². The van der Waals surface area contributed by atoms with Crippen LogP contribution in [0.5, 0.6) is 0 Å². The first-order chi connectivity index (χ1) is 11.6. The molecular weight excluding hydrogens is 327 g/mol. The van der Waals surface area contributed by atoms with Crippen LogP contribution in [0.2, 0.25) is 0 Å². The molecule has 0 spiro atoms. The van der Waals surface area contributed by atoms with Crippen LogP contribution in [0.15, 0.2) is 24.3 Å². The number of halogens is 1. The van der Waals surface area contributed by atoms with Gasteiger partial charge in [-0.25, -0.2) is 9.18 Å². The smallest absolute Gasteiger partial charge is 0.341 e. The molecule has 1 aliphatic heterocycles. The van der Waals surface area contributed by atoms with Crippen molar-refractivity contribution in [3.63, 3.8) is 0 Å². The normalized spacial score (nSPS) is 15.0. The van der Waals surface area contributed by atoms with Crippen LogP contribution in [0.3, 0.4) is 0 Å². The first-order valence-corrected chi connectivity index (χ1v) is 9.19. The molecule has 0 amide bonds. The molecule has 0 radical (unpaired) electrons. The highest BCUT2D eigenvalue weighted by Crippen LogP contribution is 2.33. The summed E-state index contributed by atoms with van der Waals surface area (Å²) in [6, 6.07) is 6.54. The molecule has 0 saturated carbocycles. The largest absolute Gasteiger partial charge is 0.465 e. The Bertz CT molecular complexity index is 727. The van der Waals surface area contributed by atoms with Gasteiger partial charge in [-0.2, -0.15) is 5.10 Å². The van der Waals surface area contributed by atoms with Crippen molar-refractivity contribution in [2.45, 2.75) is 43.7 Å². The van der Waals surface area contributed by atoms with Gasteiger partial charge < -0.3 is 4.74 Å². The van der Waals surface area contributed by atoms with Crippen molar-refractivity contribution >= 4 is 17.7 Å². The van der Waals surface area contributed by atoms with Gasteiger partial charge in [-0.05, 0) is 43.9 Å². The maximum atomic E-state index is 13.0. The molecule has 0 aliphatic carbocycles. The van der Waals surface area contributed by atoms with E-state index in [1.807, 2.05) is 4.68 Å². The number of methoxy groups -OCH3 is 1. The minimum Gasteiger partial charge on any atom is -0.465 e. The van der Waals surface area contributed by atoms with Crippen LogP contribution in [-0.4, -0.2) is 22.9 Å². The minimum absolute atomic E-state index is 0.190. The number of carbonyl (C=O) groups excluding carboxylic acids is 1. The van der Waals surface area contributed by atoms with E-state index >= 15 is 0 Å². The molecule has 1 aromatic carbocycles. The van der Waals surface area contributed by atoms with E-state index in [2.05, 4.69) is 12.0 Å². The van der Waals surface area contributed by atoms with Crippen LogP contribution >= 0.6 is 11.8 Å². The third kappa shape index (κ3) is 3.48. The first-order valence-electron chi connectivity index (χ1n) is 8.14. The van der Waals surface area contributed by atoms with Gasteiger partial charge >= 0.3 is 5.97 Å². The summed E-state index contributed by atoms with van der Waals surface area (Å²) in [6.45, 7) is 2.93. The van der Waals surface area contributed by atoms with Gasteiger partial charge in [0.05, 0.1) is 18.5 Å². The number of hydrogen-bond acceptors (Lipinski definition) is 4. The number of esters is 1. The highest BCUT2D eigenvalue weighted by atomic mass is 32.2. The zero-order valence-electron chi connectivity index (χ0n) is 13.9. The summed E-state index contributed by atoms with van der Waals surface area (Å²) in [5.74, 6) is 0.0945. The van der Waals surface area contributed by atoms with Gasteiger partial charge in [-0.1, -0.05) is 12.1 Å². The molecule has 3 rings (SSSR count). The van der Waals surface area contributed by atoms with Crippen LogP contribution in [0, 0.1) is 5.82 Å². The van der Waals surface area contributed by atoms with E-state index in [-0.39, 0.29) is 17.0 Å². The Morgan fingerprint density at radius 2 is 2.12 bits per heavy atom. The zero-order chi connectivity index (χ0) is 17.1. The van der Waals surface area contributed by atoms with E-state index < -0.39 is 0 Å². The second-order valence-electron chi connectivity index (χ2n) is 5.95. The molecule has 6 heteroatoms. The lowest BCUT2D eigenvalue weighted by Gasteiger charge is -2.13. The Hall–Kier alpha value is -1.82. The molecule has 1 atom stereocenters. The number of fused-ring (bicyclic) bond motifs is 1. The number of aromatic nitrogens is 2. The van der Waals surface area contributed by atoms with Crippen molar-refractivity contribution in [3.8, 4) is 0 Å². The molecule has 24 heavy (non-hydrogen) atoms. The molecule has 2 aromatic rings. The van der Waals surface area contributed by atoms with Crippen molar-refractivity contribution < 1.29 is 13.9 Å². The monoisotopic (exact) mass is 348 g/mol. The predicted molar refractivity (Wildman–Crippen MR) is 92.6 cm³/mol. The van der Waals surface area contributed by atoms with Crippen LogP contribution in [0.4, 0.5) is 4.39 Å². The molecule has 0 N–H and O–H groups in total. The molecule has 0 saturated heterocycles. The Kier molecular flexibility index (Phi) is 5.23. The lowest BCUT2D eigenvalue weighted by molar-refractivity contribution is 0.0598. The van der Waals surface area contributed by atoms with Crippen molar-refractivity contribution in [2.24, 2.45) is 0 Å².